The van der Waals surface area contributed by atoms with E-state index < -0.39 is 16.1 Å². The van der Waals surface area contributed by atoms with Crippen LogP contribution in [-0.4, -0.2) is 34.5 Å². The Kier molecular flexibility index (Phi) is 4.40. The Labute approximate surface area is 146 Å². The minimum atomic E-state index is -3.87. The van der Waals surface area contributed by atoms with Crippen LogP contribution in [0.4, 0.5) is 11.4 Å². The van der Waals surface area contributed by atoms with Crippen molar-refractivity contribution >= 4 is 27.3 Å². The summed E-state index contributed by atoms with van der Waals surface area (Å²) in [5.41, 5.74) is 1.99. The van der Waals surface area contributed by atoms with Gasteiger partial charge in [0.1, 0.15) is 5.75 Å². The fraction of sp³-hybridized carbons (Fsp3) is 0.235. The van der Waals surface area contributed by atoms with Crippen molar-refractivity contribution in [1.29, 1.82) is 0 Å². The SMILES string of the molecule is CN(C)c1ccc(S(N)(=O)=O)cc1NC(=O)[C@@H]1Cc2ccccc2O1. The van der Waals surface area contributed by atoms with Crippen LogP contribution in [0.1, 0.15) is 5.56 Å². The number of primary sulfonamides is 1. The lowest BCUT2D eigenvalue weighted by Crippen LogP contribution is -2.32. The standard InChI is InChI=1S/C17H19N3O4S/c1-20(2)14-8-7-12(25(18,22)23)10-13(14)19-17(21)16-9-11-5-3-4-6-15(11)24-16/h3-8,10,16H,9H2,1-2H3,(H,19,21)(H2,18,22,23)/t16-/m0/s1. The summed E-state index contributed by atoms with van der Waals surface area (Å²) >= 11 is 0. The third-order valence-corrected chi connectivity index (χ3v) is 4.89. The molecule has 0 spiro atoms. The van der Waals surface area contributed by atoms with Crippen LogP contribution in [-0.2, 0) is 21.2 Å². The van der Waals surface area contributed by atoms with Gasteiger partial charge >= 0.3 is 0 Å². The second kappa shape index (κ2) is 6.38. The number of fused-ring (bicyclic) bond motifs is 1. The smallest absolute Gasteiger partial charge is 0.265 e. The molecule has 1 atom stereocenters. The number of hydrogen-bond acceptors (Lipinski definition) is 5. The number of nitrogens with one attached hydrogen (secondary N) is 1. The van der Waals surface area contributed by atoms with Crippen molar-refractivity contribution in [1.82, 2.24) is 0 Å². The Morgan fingerprint density at radius 3 is 2.60 bits per heavy atom. The van der Waals surface area contributed by atoms with Gasteiger partial charge in [0.2, 0.25) is 10.0 Å². The second-order valence-corrected chi connectivity index (χ2v) is 7.59. The van der Waals surface area contributed by atoms with Crippen LogP contribution in [0.5, 0.6) is 5.75 Å². The van der Waals surface area contributed by atoms with Crippen LogP contribution in [0, 0.1) is 0 Å². The maximum Gasteiger partial charge on any atom is 0.265 e. The Balaban J connectivity index is 1.86. The van der Waals surface area contributed by atoms with E-state index in [1.165, 1.54) is 12.1 Å². The first-order valence-corrected chi connectivity index (χ1v) is 9.20. The zero-order valence-corrected chi connectivity index (χ0v) is 14.7. The summed E-state index contributed by atoms with van der Waals surface area (Å²) < 4.78 is 28.8. The lowest BCUT2D eigenvalue weighted by Gasteiger charge is -2.20. The van der Waals surface area contributed by atoms with Gasteiger partial charge in [-0.2, -0.15) is 0 Å². The highest BCUT2D eigenvalue weighted by Crippen LogP contribution is 2.31. The molecule has 3 rings (SSSR count). The number of rotatable bonds is 4. The van der Waals surface area contributed by atoms with Crippen molar-refractivity contribution in [2.75, 3.05) is 24.3 Å². The molecule has 7 nitrogen and oxygen atoms in total. The van der Waals surface area contributed by atoms with Gasteiger partial charge in [0.15, 0.2) is 6.10 Å². The molecule has 3 N–H and O–H groups in total. The summed E-state index contributed by atoms with van der Waals surface area (Å²) in [5, 5.41) is 7.94. The molecule has 1 aliphatic rings. The number of nitrogens with two attached hydrogens (primary N) is 1. The average molecular weight is 361 g/mol. The monoisotopic (exact) mass is 361 g/mol. The molecule has 0 fully saturated rings. The second-order valence-electron chi connectivity index (χ2n) is 6.03. The topological polar surface area (TPSA) is 102 Å². The molecule has 0 saturated heterocycles. The van der Waals surface area contributed by atoms with Gasteiger partial charge in [-0.05, 0) is 29.8 Å². The number of carbonyl (C=O) groups excluding carboxylic acids is 1. The van der Waals surface area contributed by atoms with Crippen LogP contribution < -0.4 is 20.1 Å². The van der Waals surface area contributed by atoms with E-state index in [-0.39, 0.29) is 10.8 Å². The quantitative estimate of drug-likeness (QED) is 0.856. The zero-order chi connectivity index (χ0) is 18.2. The molecule has 132 valence electrons. The van der Waals surface area contributed by atoms with Gasteiger partial charge in [-0.1, -0.05) is 18.2 Å². The van der Waals surface area contributed by atoms with Crippen molar-refractivity contribution in [2.24, 2.45) is 5.14 Å². The van der Waals surface area contributed by atoms with Gasteiger partial charge < -0.3 is 15.0 Å². The first kappa shape index (κ1) is 17.2. The average Bonchev–Trinajstić information content (AvgIpc) is 2.98. The van der Waals surface area contributed by atoms with Crippen molar-refractivity contribution in [2.45, 2.75) is 17.4 Å². The Hall–Kier alpha value is -2.58. The summed E-state index contributed by atoms with van der Waals surface area (Å²) in [6.45, 7) is 0. The molecule has 2 aromatic carbocycles. The van der Waals surface area contributed by atoms with Crippen molar-refractivity contribution < 1.29 is 17.9 Å². The first-order valence-electron chi connectivity index (χ1n) is 7.65. The predicted octanol–water partition coefficient (Wildman–Crippen LogP) is 1.34. The molecule has 0 bridgehead atoms. The maximum atomic E-state index is 12.6. The van der Waals surface area contributed by atoms with E-state index in [1.54, 1.807) is 25.1 Å². The lowest BCUT2D eigenvalue weighted by molar-refractivity contribution is -0.122. The Morgan fingerprint density at radius 2 is 1.96 bits per heavy atom. The number of carbonyl (C=O) groups is 1. The largest absolute Gasteiger partial charge is 0.480 e. The third-order valence-electron chi connectivity index (χ3n) is 3.98. The Morgan fingerprint density at radius 1 is 1.24 bits per heavy atom. The molecule has 1 amide bonds. The number of nitrogens with zero attached hydrogens (tertiary/aromatic N) is 1. The van der Waals surface area contributed by atoms with Crippen LogP contribution in [0.15, 0.2) is 47.4 Å². The fourth-order valence-corrected chi connectivity index (χ4v) is 3.26. The summed E-state index contributed by atoms with van der Waals surface area (Å²) in [7, 11) is -0.277. The molecule has 1 heterocycles. The number of ether oxygens (including phenoxy) is 1. The molecular formula is C17H19N3O4S. The van der Waals surface area contributed by atoms with Crippen LogP contribution >= 0.6 is 0 Å². The van der Waals surface area contributed by atoms with Crippen LogP contribution in [0.25, 0.3) is 0 Å². The zero-order valence-electron chi connectivity index (χ0n) is 13.9. The summed E-state index contributed by atoms with van der Waals surface area (Å²) in [6, 6.07) is 11.8. The van der Waals surface area contributed by atoms with E-state index in [9.17, 15) is 13.2 Å². The number of para-hydroxylation sites is 1. The maximum absolute atomic E-state index is 12.6. The number of benzene rings is 2. The number of sulfonamides is 1. The highest BCUT2D eigenvalue weighted by atomic mass is 32.2. The number of hydrogen-bond donors (Lipinski definition) is 2. The molecule has 0 unspecified atom stereocenters. The number of anilines is 2. The van der Waals surface area contributed by atoms with E-state index in [1.807, 2.05) is 24.3 Å². The minimum absolute atomic E-state index is 0.0657. The molecule has 8 heteroatoms. The van der Waals surface area contributed by atoms with E-state index in [0.29, 0.717) is 23.5 Å². The highest BCUT2D eigenvalue weighted by Gasteiger charge is 2.29. The predicted molar refractivity (Wildman–Crippen MR) is 95.3 cm³/mol. The molecule has 0 aromatic heterocycles. The van der Waals surface area contributed by atoms with Gasteiger partial charge in [-0.3, -0.25) is 4.79 Å². The van der Waals surface area contributed by atoms with E-state index in [0.717, 1.165) is 5.56 Å². The molecule has 25 heavy (non-hydrogen) atoms. The Bertz CT molecular complexity index is 900. The summed E-state index contributed by atoms with van der Waals surface area (Å²) in [6.07, 6.45) is -0.195. The van der Waals surface area contributed by atoms with Gasteiger partial charge in [-0.15, -0.1) is 0 Å². The van der Waals surface area contributed by atoms with Crippen molar-refractivity contribution in [3.63, 3.8) is 0 Å². The van der Waals surface area contributed by atoms with Crippen molar-refractivity contribution in [3.8, 4) is 5.75 Å². The van der Waals surface area contributed by atoms with E-state index in [4.69, 9.17) is 9.88 Å². The van der Waals surface area contributed by atoms with Gasteiger partial charge in [0.25, 0.3) is 5.91 Å². The molecule has 0 aliphatic carbocycles. The van der Waals surface area contributed by atoms with Gasteiger partial charge in [0.05, 0.1) is 16.3 Å². The summed E-state index contributed by atoms with van der Waals surface area (Å²) in [4.78, 5) is 14.3. The highest BCUT2D eigenvalue weighted by molar-refractivity contribution is 7.89. The molecular weight excluding hydrogens is 342 g/mol. The van der Waals surface area contributed by atoms with Crippen molar-refractivity contribution in [3.05, 3.63) is 48.0 Å². The van der Waals surface area contributed by atoms with Gasteiger partial charge in [0, 0.05) is 20.5 Å². The molecule has 2 aromatic rings. The molecule has 1 aliphatic heterocycles. The molecule has 0 radical (unpaired) electrons. The minimum Gasteiger partial charge on any atom is -0.480 e. The molecule has 0 saturated carbocycles. The van der Waals surface area contributed by atoms with E-state index >= 15 is 0 Å². The first-order chi connectivity index (χ1) is 11.8. The number of amides is 1. The fourth-order valence-electron chi connectivity index (χ4n) is 2.72. The summed E-state index contributed by atoms with van der Waals surface area (Å²) in [5.74, 6) is 0.347. The lowest BCUT2D eigenvalue weighted by atomic mass is 10.1. The third kappa shape index (κ3) is 3.59. The van der Waals surface area contributed by atoms with E-state index in [2.05, 4.69) is 5.32 Å². The van der Waals surface area contributed by atoms with Crippen LogP contribution in [0.2, 0.25) is 0 Å². The van der Waals surface area contributed by atoms with Crippen LogP contribution in [0.3, 0.4) is 0 Å². The van der Waals surface area contributed by atoms with Gasteiger partial charge in [-0.25, -0.2) is 13.6 Å². The normalized spacial score (nSPS) is 16.0.